The highest BCUT2D eigenvalue weighted by Crippen LogP contribution is 2.23. The van der Waals surface area contributed by atoms with Crippen molar-refractivity contribution < 1.29 is 9.18 Å². The molecule has 1 N–H and O–H groups in total. The Labute approximate surface area is 182 Å². The van der Waals surface area contributed by atoms with Crippen LogP contribution in [0.5, 0.6) is 0 Å². The average molecular weight is 445 g/mol. The summed E-state index contributed by atoms with van der Waals surface area (Å²) >= 11 is 0. The Hall–Kier alpha value is -1.90. The topological polar surface area (TPSA) is 66.3 Å². The van der Waals surface area contributed by atoms with Crippen LogP contribution in [-0.2, 0) is 0 Å². The van der Waals surface area contributed by atoms with E-state index in [4.69, 9.17) is 0 Å². The van der Waals surface area contributed by atoms with E-state index in [-0.39, 0.29) is 36.5 Å². The van der Waals surface area contributed by atoms with Gasteiger partial charge in [0.1, 0.15) is 5.82 Å². The molecule has 0 unspecified atom stereocenters. The number of aromatic nitrogens is 3. The maximum Gasteiger partial charge on any atom is 0.276 e. The minimum Gasteiger partial charge on any atom is -0.366 e. The minimum atomic E-state index is -0.224. The second-order valence-corrected chi connectivity index (χ2v) is 7.18. The van der Waals surface area contributed by atoms with Crippen molar-refractivity contribution in [2.75, 3.05) is 44.2 Å². The number of rotatable bonds is 3. The van der Waals surface area contributed by atoms with Crippen LogP contribution in [0, 0.1) is 12.7 Å². The van der Waals surface area contributed by atoms with Crippen molar-refractivity contribution in [3.63, 3.8) is 0 Å². The smallest absolute Gasteiger partial charge is 0.276 e. The molecule has 2 fully saturated rings. The van der Waals surface area contributed by atoms with E-state index in [2.05, 4.69) is 15.6 Å². The van der Waals surface area contributed by atoms with Crippen LogP contribution in [0.1, 0.15) is 35.1 Å². The molecule has 4 rings (SSSR count). The highest BCUT2D eigenvalue weighted by atomic mass is 35.5. The van der Waals surface area contributed by atoms with Crippen LogP contribution in [0.15, 0.2) is 24.3 Å². The van der Waals surface area contributed by atoms with Crippen molar-refractivity contribution in [2.45, 2.75) is 25.8 Å². The Morgan fingerprint density at radius 3 is 2.41 bits per heavy atom. The second kappa shape index (κ2) is 10.2. The number of halogens is 3. The predicted molar refractivity (Wildman–Crippen MR) is 115 cm³/mol. The zero-order chi connectivity index (χ0) is 18.8. The van der Waals surface area contributed by atoms with E-state index >= 15 is 0 Å². The van der Waals surface area contributed by atoms with Gasteiger partial charge in [0.2, 0.25) is 0 Å². The summed E-state index contributed by atoms with van der Waals surface area (Å²) in [6.45, 7) is 6.16. The van der Waals surface area contributed by atoms with Gasteiger partial charge in [0, 0.05) is 26.2 Å². The van der Waals surface area contributed by atoms with Gasteiger partial charge in [-0.2, -0.15) is 0 Å². The van der Waals surface area contributed by atoms with Crippen molar-refractivity contribution in [1.82, 2.24) is 25.2 Å². The largest absolute Gasteiger partial charge is 0.366 e. The summed E-state index contributed by atoms with van der Waals surface area (Å²) < 4.78 is 15.9. The fourth-order valence-electron chi connectivity index (χ4n) is 3.94. The monoisotopic (exact) mass is 444 g/mol. The van der Waals surface area contributed by atoms with Gasteiger partial charge >= 0.3 is 0 Å². The Morgan fingerprint density at radius 1 is 1.10 bits per heavy atom. The molecule has 2 aliphatic rings. The van der Waals surface area contributed by atoms with Gasteiger partial charge in [-0.1, -0.05) is 17.3 Å². The number of piperidine rings is 1. The van der Waals surface area contributed by atoms with Crippen LogP contribution < -0.4 is 10.2 Å². The Balaban J connectivity index is 0.00000150. The van der Waals surface area contributed by atoms with Gasteiger partial charge in [0.15, 0.2) is 5.69 Å². The van der Waals surface area contributed by atoms with Gasteiger partial charge in [-0.05, 0) is 45.0 Å². The number of nitrogens with one attached hydrogen (secondary N) is 1. The number of hydrogen-bond donors (Lipinski definition) is 1. The highest BCUT2D eigenvalue weighted by Gasteiger charge is 2.28. The average Bonchev–Trinajstić information content (AvgIpc) is 3.10. The number of para-hydroxylation sites is 1. The van der Waals surface area contributed by atoms with E-state index in [1.165, 1.54) is 6.07 Å². The van der Waals surface area contributed by atoms with Crippen LogP contribution in [0.3, 0.4) is 0 Å². The summed E-state index contributed by atoms with van der Waals surface area (Å²) in [4.78, 5) is 16.7. The van der Waals surface area contributed by atoms with E-state index in [9.17, 15) is 9.18 Å². The van der Waals surface area contributed by atoms with Gasteiger partial charge in [0.05, 0.1) is 17.4 Å². The molecule has 0 aliphatic carbocycles. The molecule has 0 spiro atoms. The third-order valence-corrected chi connectivity index (χ3v) is 5.54. The fourth-order valence-corrected chi connectivity index (χ4v) is 3.94. The number of anilines is 1. The SMILES string of the molecule is Cc1c(C(=O)N2CCN(c3ccccc3F)CC2)nnn1C1CCNCC1.Cl.Cl. The van der Waals surface area contributed by atoms with E-state index in [0.29, 0.717) is 43.6 Å². The number of carbonyl (C=O) groups excluding carboxylic acids is 1. The maximum atomic E-state index is 14.0. The van der Waals surface area contributed by atoms with Crippen LogP contribution in [0.25, 0.3) is 0 Å². The molecule has 1 amide bonds. The molecule has 0 bridgehead atoms. The first-order valence-corrected chi connectivity index (χ1v) is 9.56. The lowest BCUT2D eigenvalue weighted by atomic mass is 10.1. The summed E-state index contributed by atoms with van der Waals surface area (Å²) in [5.41, 5.74) is 1.87. The molecule has 10 heteroatoms. The normalized spacial score (nSPS) is 17.4. The minimum absolute atomic E-state index is 0. The van der Waals surface area contributed by atoms with Gasteiger partial charge in [-0.25, -0.2) is 9.07 Å². The first kappa shape index (κ1) is 23.4. The summed E-state index contributed by atoms with van der Waals surface area (Å²) in [5, 5.41) is 11.8. The number of carbonyl (C=O) groups is 1. The van der Waals surface area contributed by atoms with E-state index < -0.39 is 0 Å². The quantitative estimate of drug-likeness (QED) is 0.787. The summed E-state index contributed by atoms with van der Waals surface area (Å²) in [6, 6.07) is 7.07. The standard InChI is InChI=1S/C19H25FN6O.2ClH/c1-14-18(22-23-26(14)15-6-8-21-9-7-15)19(27)25-12-10-24(11-13-25)17-5-3-2-4-16(17)20;;/h2-5,15,21H,6-13H2,1H3;2*1H. The van der Waals surface area contributed by atoms with Crippen molar-refractivity contribution >= 4 is 36.4 Å². The molecule has 160 valence electrons. The lowest BCUT2D eigenvalue weighted by Gasteiger charge is -2.36. The molecule has 0 radical (unpaired) electrons. The van der Waals surface area contributed by atoms with Gasteiger partial charge in [0.25, 0.3) is 5.91 Å². The van der Waals surface area contributed by atoms with Crippen molar-refractivity contribution in [1.29, 1.82) is 0 Å². The lowest BCUT2D eigenvalue weighted by molar-refractivity contribution is 0.0739. The number of amides is 1. The molecule has 3 heterocycles. The molecule has 2 saturated heterocycles. The zero-order valence-electron chi connectivity index (χ0n) is 16.4. The number of benzene rings is 1. The van der Waals surface area contributed by atoms with Gasteiger partial charge < -0.3 is 15.1 Å². The third-order valence-electron chi connectivity index (χ3n) is 5.54. The molecule has 7 nitrogen and oxygen atoms in total. The van der Waals surface area contributed by atoms with Crippen molar-refractivity contribution in [2.24, 2.45) is 0 Å². The van der Waals surface area contributed by atoms with E-state index in [0.717, 1.165) is 31.6 Å². The summed E-state index contributed by atoms with van der Waals surface area (Å²) in [6.07, 6.45) is 2.00. The Morgan fingerprint density at radius 2 is 1.76 bits per heavy atom. The molecular weight excluding hydrogens is 418 g/mol. The molecule has 29 heavy (non-hydrogen) atoms. The molecule has 0 atom stereocenters. The number of nitrogens with zero attached hydrogens (tertiary/aromatic N) is 5. The van der Waals surface area contributed by atoms with Crippen molar-refractivity contribution in [3.8, 4) is 0 Å². The molecule has 2 aliphatic heterocycles. The second-order valence-electron chi connectivity index (χ2n) is 7.18. The van der Waals surface area contributed by atoms with Crippen LogP contribution in [-0.4, -0.2) is 65.1 Å². The predicted octanol–water partition coefficient (Wildman–Crippen LogP) is 2.46. The van der Waals surface area contributed by atoms with Gasteiger partial charge in [-0.3, -0.25) is 4.79 Å². The number of piperazine rings is 1. The summed E-state index contributed by atoms with van der Waals surface area (Å²) in [7, 11) is 0. The molecule has 1 aromatic carbocycles. The lowest BCUT2D eigenvalue weighted by Crippen LogP contribution is -2.49. The summed E-state index contributed by atoms with van der Waals surface area (Å²) in [5.74, 6) is -0.307. The fraction of sp³-hybridized carbons (Fsp3) is 0.526. The molecule has 1 aromatic heterocycles. The van der Waals surface area contributed by atoms with Crippen molar-refractivity contribution in [3.05, 3.63) is 41.5 Å². The highest BCUT2D eigenvalue weighted by molar-refractivity contribution is 5.93. The van der Waals surface area contributed by atoms with Gasteiger partial charge in [-0.15, -0.1) is 29.9 Å². The Bertz CT molecular complexity index is 819. The Kier molecular flexibility index (Phi) is 8.24. The molecular formula is C19H27Cl2FN6O. The van der Waals surface area contributed by atoms with Crippen LogP contribution in [0.4, 0.5) is 10.1 Å². The van der Waals surface area contributed by atoms with E-state index in [1.54, 1.807) is 17.0 Å². The molecule has 2 aromatic rings. The third kappa shape index (κ3) is 4.82. The molecule has 0 saturated carbocycles. The van der Waals surface area contributed by atoms with Crippen LogP contribution >= 0.6 is 24.8 Å². The maximum absolute atomic E-state index is 14.0. The number of hydrogen-bond acceptors (Lipinski definition) is 5. The first-order valence-electron chi connectivity index (χ1n) is 9.56. The van der Waals surface area contributed by atoms with Crippen LogP contribution in [0.2, 0.25) is 0 Å². The van der Waals surface area contributed by atoms with E-state index in [1.807, 2.05) is 22.6 Å². The zero-order valence-corrected chi connectivity index (χ0v) is 18.0. The first-order chi connectivity index (χ1) is 13.1.